The molecule has 3 heterocycles. The van der Waals surface area contributed by atoms with Crippen LogP contribution in [0.3, 0.4) is 0 Å². The predicted octanol–water partition coefficient (Wildman–Crippen LogP) is 2.55. The van der Waals surface area contributed by atoms with Crippen molar-refractivity contribution in [3.63, 3.8) is 0 Å². The van der Waals surface area contributed by atoms with Gasteiger partial charge in [-0.25, -0.2) is 4.98 Å². The zero-order chi connectivity index (χ0) is 18.8. The van der Waals surface area contributed by atoms with Crippen molar-refractivity contribution in [3.8, 4) is 0 Å². The maximum Gasteiger partial charge on any atom is 0.225 e. The van der Waals surface area contributed by atoms with Crippen LogP contribution in [-0.2, 0) is 11.3 Å². The van der Waals surface area contributed by atoms with Crippen molar-refractivity contribution in [1.82, 2.24) is 20.1 Å². The molecule has 0 radical (unpaired) electrons. The molecule has 2 aliphatic rings. The van der Waals surface area contributed by atoms with Crippen LogP contribution in [0.15, 0.2) is 23.7 Å². The first-order chi connectivity index (χ1) is 13.1. The van der Waals surface area contributed by atoms with Gasteiger partial charge < -0.3 is 4.90 Å². The van der Waals surface area contributed by atoms with Crippen LogP contribution in [-0.4, -0.2) is 58.2 Å². The van der Waals surface area contributed by atoms with Gasteiger partial charge in [-0.05, 0) is 37.8 Å². The number of anilines is 2. The number of carbonyl (C=O) groups is 1. The first-order valence-electron chi connectivity index (χ1n) is 9.59. The highest BCUT2D eigenvalue weighted by atomic mass is 32.1. The topological polar surface area (TPSA) is 65.5 Å². The molecule has 0 aromatic carbocycles. The van der Waals surface area contributed by atoms with Crippen LogP contribution in [0.2, 0.25) is 0 Å². The highest BCUT2D eigenvalue weighted by molar-refractivity contribution is 7.14. The van der Waals surface area contributed by atoms with E-state index in [9.17, 15) is 4.79 Å². The standard InChI is InChI=1S/C19H26N6OS/c1-14(26)25(17-5-6-17)19-21-15(13-27-19)12-24-10-7-16(8-11-24)23(2)18-4-3-9-20-22-18/h3-4,9,13,16-17H,5-8,10-12H2,1-2H3. The minimum absolute atomic E-state index is 0.103. The zero-order valence-corrected chi connectivity index (χ0v) is 16.7. The summed E-state index contributed by atoms with van der Waals surface area (Å²) in [4.78, 5) is 23.2. The van der Waals surface area contributed by atoms with Crippen LogP contribution < -0.4 is 9.80 Å². The number of piperidine rings is 1. The van der Waals surface area contributed by atoms with Gasteiger partial charge in [0, 0.05) is 57.3 Å². The van der Waals surface area contributed by atoms with E-state index >= 15 is 0 Å². The Balaban J connectivity index is 1.31. The van der Waals surface area contributed by atoms with Gasteiger partial charge in [0.1, 0.15) is 0 Å². The summed E-state index contributed by atoms with van der Waals surface area (Å²) in [7, 11) is 2.10. The van der Waals surface area contributed by atoms with Gasteiger partial charge in [0.25, 0.3) is 0 Å². The minimum atomic E-state index is 0.103. The zero-order valence-electron chi connectivity index (χ0n) is 15.9. The van der Waals surface area contributed by atoms with Crippen LogP contribution in [0.4, 0.5) is 10.9 Å². The number of thiazole rings is 1. The molecule has 0 N–H and O–H groups in total. The van der Waals surface area contributed by atoms with Gasteiger partial charge in [0.05, 0.1) is 5.69 Å². The van der Waals surface area contributed by atoms with E-state index in [1.54, 1.807) is 24.5 Å². The highest BCUT2D eigenvalue weighted by Crippen LogP contribution is 2.34. The van der Waals surface area contributed by atoms with Gasteiger partial charge in [0.2, 0.25) is 5.91 Å². The monoisotopic (exact) mass is 386 g/mol. The molecule has 1 amide bonds. The molecule has 27 heavy (non-hydrogen) atoms. The van der Waals surface area contributed by atoms with Gasteiger partial charge in [-0.2, -0.15) is 5.10 Å². The second-order valence-electron chi connectivity index (χ2n) is 7.44. The Bertz CT molecular complexity index is 770. The van der Waals surface area contributed by atoms with Crippen LogP contribution >= 0.6 is 11.3 Å². The summed E-state index contributed by atoms with van der Waals surface area (Å²) in [6, 6.07) is 4.80. The maximum atomic E-state index is 11.9. The second-order valence-corrected chi connectivity index (χ2v) is 8.28. The molecule has 2 fully saturated rings. The lowest BCUT2D eigenvalue weighted by atomic mass is 10.0. The van der Waals surface area contributed by atoms with Crippen molar-refractivity contribution < 1.29 is 4.79 Å². The van der Waals surface area contributed by atoms with E-state index in [1.807, 2.05) is 17.0 Å². The number of amides is 1. The molecule has 2 aromatic rings. The van der Waals surface area contributed by atoms with Gasteiger partial charge in [-0.3, -0.25) is 14.6 Å². The van der Waals surface area contributed by atoms with Gasteiger partial charge in [0.15, 0.2) is 10.9 Å². The Morgan fingerprint density at radius 1 is 1.26 bits per heavy atom. The molecule has 1 saturated heterocycles. The van der Waals surface area contributed by atoms with E-state index in [2.05, 4.69) is 32.4 Å². The molecular weight excluding hydrogens is 360 g/mol. The lowest BCUT2D eigenvalue weighted by molar-refractivity contribution is -0.116. The Labute approximate surface area is 164 Å². The largest absolute Gasteiger partial charge is 0.355 e. The normalized spacial score (nSPS) is 18.4. The third-order valence-corrected chi connectivity index (χ3v) is 6.30. The molecule has 144 valence electrons. The Morgan fingerprint density at radius 2 is 2.04 bits per heavy atom. The van der Waals surface area contributed by atoms with E-state index in [1.165, 1.54) is 0 Å². The van der Waals surface area contributed by atoms with Gasteiger partial charge in [-0.15, -0.1) is 16.4 Å². The molecule has 0 atom stereocenters. The van der Waals surface area contributed by atoms with Crippen LogP contribution in [0.5, 0.6) is 0 Å². The molecule has 1 saturated carbocycles. The Hall–Kier alpha value is -2.06. The molecule has 2 aromatic heterocycles. The van der Waals surface area contributed by atoms with E-state index < -0.39 is 0 Å². The van der Waals surface area contributed by atoms with E-state index in [4.69, 9.17) is 4.98 Å². The number of carbonyl (C=O) groups excluding carboxylic acids is 1. The third kappa shape index (κ3) is 4.27. The molecule has 8 heteroatoms. The van der Waals surface area contributed by atoms with Crippen LogP contribution in [0, 0.1) is 0 Å². The van der Waals surface area contributed by atoms with Crippen LogP contribution in [0.1, 0.15) is 38.3 Å². The summed E-state index contributed by atoms with van der Waals surface area (Å²) in [5, 5.41) is 11.2. The maximum absolute atomic E-state index is 11.9. The van der Waals surface area contributed by atoms with E-state index in [0.717, 1.165) is 62.0 Å². The average Bonchev–Trinajstić information content (AvgIpc) is 3.41. The third-order valence-electron chi connectivity index (χ3n) is 5.41. The van der Waals surface area contributed by atoms with Crippen molar-refractivity contribution >= 4 is 28.2 Å². The predicted molar refractivity (Wildman–Crippen MR) is 107 cm³/mol. The fraction of sp³-hybridized carbons (Fsp3) is 0.579. The summed E-state index contributed by atoms with van der Waals surface area (Å²) >= 11 is 1.59. The number of rotatable bonds is 6. The van der Waals surface area contributed by atoms with Crippen molar-refractivity contribution in [2.24, 2.45) is 0 Å². The van der Waals surface area contributed by atoms with Crippen molar-refractivity contribution in [2.75, 3.05) is 29.9 Å². The molecular formula is C19H26N6OS. The molecule has 0 bridgehead atoms. The van der Waals surface area contributed by atoms with Crippen molar-refractivity contribution in [1.29, 1.82) is 0 Å². The Morgan fingerprint density at radius 3 is 2.67 bits per heavy atom. The number of aromatic nitrogens is 3. The lowest BCUT2D eigenvalue weighted by Crippen LogP contribution is -2.43. The first-order valence-corrected chi connectivity index (χ1v) is 10.5. The minimum Gasteiger partial charge on any atom is -0.355 e. The number of nitrogens with zero attached hydrogens (tertiary/aromatic N) is 6. The highest BCUT2D eigenvalue weighted by Gasteiger charge is 2.34. The van der Waals surface area contributed by atoms with Gasteiger partial charge >= 0.3 is 0 Å². The van der Waals surface area contributed by atoms with Crippen LogP contribution in [0.25, 0.3) is 0 Å². The fourth-order valence-corrected chi connectivity index (χ4v) is 4.65. The Kier molecular flexibility index (Phi) is 5.36. The van der Waals surface area contributed by atoms with Gasteiger partial charge in [-0.1, -0.05) is 0 Å². The number of hydrogen-bond acceptors (Lipinski definition) is 7. The second kappa shape index (κ2) is 7.90. The summed E-state index contributed by atoms with van der Waals surface area (Å²) in [5.74, 6) is 1.04. The molecule has 7 nitrogen and oxygen atoms in total. The van der Waals surface area contributed by atoms with E-state index in [0.29, 0.717) is 12.1 Å². The first kappa shape index (κ1) is 18.3. The summed E-state index contributed by atoms with van der Waals surface area (Å²) in [6.07, 6.45) is 6.11. The average molecular weight is 387 g/mol. The molecule has 4 rings (SSSR count). The molecule has 1 aliphatic carbocycles. The quantitative estimate of drug-likeness (QED) is 0.760. The molecule has 0 unspecified atom stereocenters. The summed E-state index contributed by atoms with van der Waals surface area (Å²) in [6.45, 7) is 4.58. The van der Waals surface area contributed by atoms with Crippen molar-refractivity contribution in [3.05, 3.63) is 29.4 Å². The van der Waals surface area contributed by atoms with Crippen molar-refractivity contribution in [2.45, 2.75) is 51.2 Å². The fourth-order valence-electron chi connectivity index (χ4n) is 3.72. The SMILES string of the molecule is CC(=O)N(c1nc(CN2CCC(N(C)c3cccnn3)CC2)cs1)C1CC1. The molecule has 1 aliphatic heterocycles. The smallest absolute Gasteiger partial charge is 0.225 e. The summed E-state index contributed by atoms with van der Waals surface area (Å²) < 4.78 is 0. The number of likely N-dealkylation sites (tertiary alicyclic amines) is 1. The summed E-state index contributed by atoms with van der Waals surface area (Å²) in [5.41, 5.74) is 1.07. The van der Waals surface area contributed by atoms with E-state index in [-0.39, 0.29) is 5.91 Å². The molecule has 0 spiro atoms. The lowest BCUT2D eigenvalue weighted by Gasteiger charge is -2.36. The number of hydrogen-bond donors (Lipinski definition) is 0.